The number of nitrogens with one attached hydrogen (secondary N) is 1. The quantitative estimate of drug-likeness (QED) is 0.206. The molecule has 3 aromatic rings. The van der Waals surface area contributed by atoms with E-state index < -0.39 is 59.3 Å². The maximum absolute atomic E-state index is 15.7. The smallest absolute Gasteiger partial charge is 0.416 e. The summed E-state index contributed by atoms with van der Waals surface area (Å²) in [7, 11) is 0. The number of likely N-dealkylation sites (tertiary alicyclic amines) is 1. The fourth-order valence-corrected chi connectivity index (χ4v) is 6.13. The first-order chi connectivity index (χ1) is 22.0. The second-order valence-corrected chi connectivity index (χ2v) is 12.8. The van der Waals surface area contributed by atoms with E-state index in [-0.39, 0.29) is 46.6 Å². The summed E-state index contributed by atoms with van der Waals surface area (Å²) >= 11 is 0. The van der Waals surface area contributed by atoms with Gasteiger partial charge in [0.1, 0.15) is 17.7 Å². The van der Waals surface area contributed by atoms with Crippen LogP contribution in [0.2, 0.25) is 0 Å². The van der Waals surface area contributed by atoms with E-state index in [0.29, 0.717) is 23.7 Å². The number of aromatic nitrogens is 1. The average Bonchev–Trinajstić information content (AvgIpc) is 2.91. The first-order valence-corrected chi connectivity index (χ1v) is 15.6. The molecule has 0 bridgehead atoms. The number of halogens is 5. The van der Waals surface area contributed by atoms with Gasteiger partial charge in [0, 0.05) is 29.9 Å². The largest absolute Gasteiger partial charge is 0.481 e. The van der Waals surface area contributed by atoms with E-state index >= 15 is 8.78 Å². The Morgan fingerprint density at radius 2 is 1.68 bits per heavy atom. The van der Waals surface area contributed by atoms with Crippen molar-refractivity contribution in [1.82, 2.24) is 14.8 Å². The summed E-state index contributed by atoms with van der Waals surface area (Å²) in [6.07, 6.45) is -3.50. The van der Waals surface area contributed by atoms with Gasteiger partial charge in [-0.15, -0.1) is 0 Å². The molecule has 1 aromatic heterocycles. The lowest BCUT2D eigenvalue weighted by Gasteiger charge is -2.31. The first kappa shape index (κ1) is 35.8. The molecule has 2 N–H and O–H groups in total. The summed E-state index contributed by atoms with van der Waals surface area (Å²) in [6.45, 7) is 10.3. The van der Waals surface area contributed by atoms with Gasteiger partial charge >= 0.3 is 12.1 Å². The van der Waals surface area contributed by atoms with Crippen LogP contribution in [0.15, 0.2) is 41.3 Å². The number of rotatable bonds is 12. The van der Waals surface area contributed by atoms with Gasteiger partial charge in [0.05, 0.1) is 18.0 Å². The second-order valence-electron chi connectivity index (χ2n) is 12.8. The van der Waals surface area contributed by atoms with Crippen LogP contribution in [-0.4, -0.2) is 46.1 Å². The summed E-state index contributed by atoms with van der Waals surface area (Å²) < 4.78 is 73.7. The topological polar surface area (TPSA) is 91.6 Å². The fourth-order valence-electron chi connectivity index (χ4n) is 6.13. The van der Waals surface area contributed by atoms with Crippen LogP contribution in [0, 0.1) is 38.3 Å². The standard InChI is InChI=1S/C35H40F5N3O4/c1-19(2)11-29(43-18-23(7-10-42-8-6-9-42)26(16-30(43)44)35(38,39)40)34(47)41-28(17-31(45)46)25-15-24(14-22(5)33(25)37)32-21(4)12-20(3)13-27(32)36/h12-16,18-19,28-29H,6-11,17H2,1-5H3,(H,41,47)(H,45,46)/t28-,29?/m0/s1. The van der Waals surface area contributed by atoms with E-state index in [1.165, 1.54) is 25.1 Å². The number of nitrogens with zero attached hydrogens (tertiary/aromatic N) is 2. The SMILES string of the molecule is Cc1cc(C)c(-c2cc(C)c(F)c([C@H](CC(=O)O)NC(=O)C(CC(C)C)n3cc(CCN4CCC4)c(C(F)(F)F)cc3=O)c2)c(F)c1. The molecule has 2 aromatic carbocycles. The number of amides is 1. The highest BCUT2D eigenvalue weighted by atomic mass is 19.4. The van der Waals surface area contributed by atoms with Gasteiger partial charge in [0.25, 0.3) is 5.56 Å². The van der Waals surface area contributed by atoms with Crippen LogP contribution in [0.4, 0.5) is 22.0 Å². The van der Waals surface area contributed by atoms with E-state index in [1.54, 1.807) is 33.8 Å². The lowest BCUT2D eigenvalue weighted by molar-refractivity contribution is -0.139. The van der Waals surface area contributed by atoms with Gasteiger partial charge < -0.3 is 19.9 Å². The number of carbonyl (C=O) groups is 2. The Morgan fingerprint density at radius 3 is 2.23 bits per heavy atom. The molecule has 4 rings (SSSR count). The Balaban J connectivity index is 1.77. The molecular formula is C35H40F5N3O4. The third-order valence-corrected chi connectivity index (χ3v) is 8.52. The zero-order valence-corrected chi connectivity index (χ0v) is 27.1. The van der Waals surface area contributed by atoms with Crippen molar-refractivity contribution in [3.05, 3.63) is 91.9 Å². The Kier molecular flexibility index (Phi) is 10.9. The Hall–Kier alpha value is -4.06. The Bertz CT molecular complexity index is 1690. The minimum atomic E-state index is -4.79. The third kappa shape index (κ3) is 8.46. The molecule has 0 aliphatic carbocycles. The lowest BCUT2D eigenvalue weighted by atomic mass is 9.91. The van der Waals surface area contributed by atoms with Crippen molar-refractivity contribution >= 4 is 11.9 Å². The minimum Gasteiger partial charge on any atom is -0.481 e. The predicted octanol–water partition coefficient (Wildman–Crippen LogP) is 6.91. The van der Waals surface area contributed by atoms with Crippen LogP contribution in [0.1, 0.15) is 78.6 Å². The summed E-state index contributed by atoms with van der Waals surface area (Å²) in [5.41, 5.74) is -0.645. The van der Waals surface area contributed by atoms with E-state index in [1.807, 2.05) is 4.90 Å². The highest BCUT2D eigenvalue weighted by molar-refractivity contribution is 5.82. The molecule has 1 amide bonds. The Morgan fingerprint density at radius 1 is 1.00 bits per heavy atom. The normalized spacial score (nSPS) is 15.0. The van der Waals surface area contributed by atoms with Gasteiger partial charge in [-0.3, -0.25) is 14.4 Å². The van der Waals surface area contributed by atoms with Crippen molar-refractivity contribution in [2.45, 2.75) is 78.6 Å². The number of carboxylic acid groups (broad SMARTS) is 1. The molecule has 1 saturated heterocycles. The van der Waals surface area contributed by atoms with Crippen molar-refractivity contribution in [2.24, 2.45) is 5.92 Å². The van der Waals surface area contributed by atoms with Gasteiger partial charge in [-0.05, 0) is 105 Å². The number of hydrogen-bond donors (Lipinski definition) is 2. The van der Waals surface area contributed by atoms with Gasteiger partial charge in [0.15, 0.2) is 0 Å². The molecular weight excluding hydrogens is 621 g/mol. The molecule has 0 saturated carbocycles. The van der Waals surface area contributed by atoms with Crippen LogP contribution in [-0.2, 0) is 22.2 Å². The first-order valence-electron chi connectivity index (χ1n) is 15.6. The molecule has 0 spiro atoms. The number of aryl methyl sites for hydroxylation is 3. The van der Waals surface area contributed by atoms with Crippen molar-refractivity contribution in [3.8, 4) is 11.1 Å². The van der Waals surface area contributed by atoms with Crippen molar-refractivity contribution in [1.29, 1.82) is 0 Å². The average molecular weight is 662 g/mol. The van der Waals surface area contributed by atoms with E-state index in [4.69, 9.17) is 0 Å². The minimum absolute atomic E-state index is 0.000945. The summed E-state index contributed by atoms with van der Waals surface area (Å²) in [4.78, 5) is 41.1. The zero-order chi connectivity index (χ0) is 34.8. The lowest BCUT2D eigenvalue weighted by Crippen LogP contribution is -2.41. The number of pyridine rings is 1. The fraction of sp³-hybridized carbons (Fsp3) is 0.457. The van der Waals surface area contributed by atoms with Crippen LogP contribution in [0.5, 0.6) is 0 Å². The molecule has 1 unspecified atom stereocenters. The number of benzene rings is 2. The summed E-state index contributed by atoms with van der Waals surface area (Å²) in [5.74, 6) is -3.79. The monoisotopic (exact) mass is 661 g/mol. The molecule has 7 nitrogen and oxygen atoms in total. The van der Waals surface area contributed by atoms with Crippen molar-refractivity contribution in [2.75, 3.05) is 19.6 Å². The van der Waals surface area contributed by atoms with Gasteiger partial charge in [0.2, 0.25) is 5.91 Å². The number of carboxylic acids is 1. The third-order valence-electron chi connectivity index (χ3n) is 8.52. The maximum atomic E-state index is 15.7. The molecule has 1 aliphatic heterocycles. The summed E-state index contributed by atoms with van der Waals surface area (Å²) in [6, 6.07) is 3.53. The van der Waals surface area contributed by atoms with E-state index in [9.17, 15) is 32.7 Å². The molecule has 1 fully saturated rings. The predicted molar refractivity (Wildman–Crippen MR) is 168 cm³/mol. The molecule has 254 valence electrons. The van der Waals surface area contributed by atoms with Crippen LogP contribution in [0.25, 0.3) is 11.1 Å². The van der Waals surface area contributed by atoms with Crippen molar-refractivity contribution in [3.63, 3.8) is 0 Å². The van der Waals surface area contributed by atoms with Crippen LogP contribution < -0.4 is 10.9 Å². The van der Waals surface area contributed by atoms with Crippen LogP contribution in [0.3, 0.4) is 0 Å². The molecule has 1 aliphatic rings. The highest BCUT2D eigenvalue weighted by Gasteiger charge is 2.36. The summed E-state index contributed by atoms with van der Waals surface area (Å²) in [5, 5.41) is 12.3. The second kappa shape index (κ2) is 14.4. The maximum Gasteiger partial charge on any atom is 0.416 e. The highest BCUT2D eigenvalue weighted by Crippen LogP contribution is 2.35. The Labute approximate surface area is 270 Å². The molecule has 47 heavy (non-hydrogen) atoms. The molecule has 12 heteroatoms. The number of carbonyl (C=O) groups excluding carboxylic acids is 1. The van der Waals surface area contributed by atoms with Crippen LogP contribution >= 0.6 is 0 Å². The molecule has 2 atom stereocenters. The molecule has 0 radical (unpaired) electrons. The number of alkyl halides is 3. The van der Waals surface area contributed by atoms with Gasteiger partial charge in [-0.1, -0.05) is 19.9 Å². The number of hydrogen-bond acceptors (Lipinski definition) is 4. The van der Waals surface area contributed by atoms with E-state index in [0.717, 1.165) is 30.3 Å². The van der Waals surface area contributed by atoms with Gasteiger partial charge in [-0.2, -0.15) is 13.2 Å². The van der Waals surface area contributed by atoms with Gasteiger partial charge in [-0.25, -0.2) is 8.78 Å². The van der Waals surface area contributed by atoms with Crippen molar-refractivity contribution < 1.29 is 36.6 Å². The number of aliphatic carboxylic acids is 1. The van der Waals surface area contributed by atoms with E-state index in [2.05, 4.69) is 5.32 Å². The molecule has 2 heterocycles. The zero-order valence-electron chi connectivity index (χ0n) is 27.1.